The van der Waals surface area contributed by atoms with Gasteiger partial charge < -0.3 is 10.1 Å². The van der Waals surface area contributed by atoms with Crippen LogP contribution in [0.1, 0.15) is 48.5 Å². The maximum Gasteiger partial charge on any atom is 0.416 e. The average Bonchev–Trinajstić information content (AvgIpc) is 3.34. The van der Waals surface area contributed by atoms with Crippen LogP contribution in [-0.4, -0.2) is 11.9 Å². The quantitative estimate of drug-likeness (QED) is 0.367. The van der Waals surface area contributed by atoms with Gasteiger partial charge in [0.05, 0.1) is 11.0 Å². The molecular formula is C27H23ClF3NO3. The van der Waals surface area contributed by atoms with Crippen LogP contribution in [0.25, 0.3) is 0 Å². The topological polar surface area (TPSA) is 55.4 Å². The molecule has 1 atom stereocenters. The van der Waals surface area contributed by atoms with Crippen molar-refractivity contribution >= 4 is 29.2 Å². The largest absolute Gasteiger partial charge is 0.447 e. The van der Waals surface area contributed by atoms with Crippen LogP contribution in [0, 0.1) is 0 Å². The summed E-state index contributed by atoms with van der Waals surface area (Å²) in [6, 6.07) is 19.7. The zero-order chi connectivity index (χ0) is 25.1. The standard InChI is InChI=1S/C27H23ClF3NO3/c28-21-13-11-19(12-14-21)26(15-4-5-16-26)25(34)35-23(18-7-2-1-3-8-18)24(33)32-22-10-6-9-20(17-22)27(29,30)31/h1-3,6-14,17,23H,4-5,15-16H2,(H,32,33)/t23-/m0/s1. The lowest BCUT2D eigenvalue weighted by atomic mass is 9.79. The van der Waals surface area contributed by atoms with E-state index < -0.39 is 35.1 Å². The number of halogens is 4. The van der Waals surface area contributed by atoms with Crippen molar-refractivity contribution in [2.45, 2.75) is 43.4 Å². The van der Waals surface area contributed by atoms with Gasteiger partial charge in [0, 0.05) is 16.3 Å². The van der Waals surface area contributed by atoms with Crippen LogP contribution in [0.15, 0.2) is 78.9 Å². The number of amides is 1. The highest BCUT2D eigenvalue weighted by Gasteiger charge is 2.46. The van der Waals surface area contributed by atoms with Crippen LogP contribution < -0.4 is 5.32 Å². The highest BCUT2D eigenvalue weighted by atomic mass is 35.5. The number of rotatable bonds is 6. The molecule has 3 aromatic rings. The van der Waals surface area contributed by atoms with Gasteiger partial charge in [-0.15, -0.1) is 0 Å². The van der Waals surface area contributed by atoms with E-state index in [4.69, 9.17) is 16.3 Å². The average molecular weight is 502 g/mol. The highest BCUT2D eigenvalue weighted by Crippen LogP contribution is 2.43. The maximum absolute atomic E-state index is 13.6. The summed E-state index contributed by atoms with van der Waals surface area (Å²) in [6.07, 6.45) is -3.13. The molecule has 0 saturated heterocycles. The van der Waals surface area contributed by atoms with E-state index in [0.717, 1.165) is 30.5 Å². The Morgan fingerprint density at radius 1 is 0.914 bits per heavy atom. The second-order valence-electron chi connectivity index (χ2n) is 8.56. The fourth-order valence-corrected chi connectivity index (χ4v) is 4.59. The molecule has 8 heteroatoms. The van der Waals surface area contributed by atoms with Gasteiger partial charge in [0.25, 0.3) is 5.91 Å². The number of ether oxygens (including phenoxy) is 1. The molecule has 0 aliphatic heterocycles. The lowest BCUT2D eigenvalue weighted by Crippen LogP contribution is -2.37. The molecule has 0 bridgehead atoms. The third-order valence-corrected chi connectivity index (χ3v) is 6.52. The Morgan fingerprint density at radius 3 is 2.20 bits per heavy atom. The van der Waals surface area contributed by atoms with Gasteiger partial charge >= 0.3 is 12.1 Å². The Morgan fingerprint density at radius 2 is 1.57 bits per heavy atom. The van der Waals surface area contributed by atoms with E-state index in [1.807, 2.05) is 0 Å². The summed E-state index contributed by atoms with van der Waals surface area (Å²) in [5.41, 5.74) is -0.691. The minimum Gasteiger partial charge on any atom is -0.447 e. The summed E-state index contributed by atoms with van der Waals surface area (Å²) < 4.78 is 45.2. The monoisotopic (exact) mass is 501 g/mol. The van der Waals surface area contributed by atoms with Crippen molar-refractivity contribution in [1.82, 2.24) is 0 Å². The van der Waals surface area contributed by atoms with Crippen LogP contribution in [0.4, 0.5) is 18.9 Å². The summed E-state index contributed by atoms with van der Waals surface area (Å²) in [4.78, 5) is 26.8. The first-order valence-corrected chi connectivity index (χ1v) is 11.6. The molecule has 0 spiro atoms. The molecule has 1 fully saturated rings. The zero-order valence-electron chi connectivity index (χ0n) is 18.6. The number of esters is 1. The van der Waals surface area contributed by atoms with Crippen LogP contribution in [0.5, 0.6) is 0 Å². The normalized spacial score (nSPS) is 15.9. The van der Waals surface area contributed by atoms with E-state index in [0.29, 0.717) is 23.4 Å². The van der Waals surface area contributed by atoms with Gasteiger partial charge in [0.2, 0.25) is 6.10 Å². The molecular weight excluding hydrogens is 479 g/mol. The number of nitrogens with one attached hydrogen (secondary N) is 1. The summed E-state index contributed by atoms with van der Waals surface area (Å²) in [5, 5.41) is 3.01. The first-order chi connectivity index (χ1) is 16.7. The van der Waals surface area contributed by atoms with E-state index >= 15 is 0 Å². The molecule has 35 heavy (non-hydrogen) atoms. The zero-order valence-corrected chi connectivity index (χ0v) is 19.4. The molecule has 0 unspecified atom stereocenters. The summed E-state index contributed by atoms with van der Waals surface area (Å²) in [5.74, 6) is -1.29. The number of benzene rings is 3. The number of carbonyl (C=O) groups excluding carboxylic acids is 2. The molecule has 4 nitrogen and oxygen atoms in total. The molecule has 1 aliphatic rings. The Hall–Kier alpha value is -3.32. The smallest absolute Gasteiger partial charge is 0.416 e. The summed E-state index contributed by atoms with van der Waals surface area (Å²) >= 11 is 6.03. The minimum atomic E-state index is -4.56. The van der Waals surface area contributed by atoms with Crippen LogP contribution in [0.2, 0.25) is 5.02 Å². The van der Waals surface area contributed by atoms with Gasteiger partial charge in [-0.1, -0.05) is 73.0 Å². The van der Waals surface area contributed by atoms with Gasteiger partial charge in [-0.2, -0.15) is 13.2 Å². The molecule has 1 amide bonds. The molecule has 3 aromatic carbocycles. The first kappa shape index (κ1) is 24.8. The highest BCUT2D eigenvalue weighted by molar-refractivity contribution is 6.30. The molecule has 1 saturated carbocycles. The predicted octanol–water partition coefficient (Wildman–Crippen LogP) is 7.09. The third-order valence-electron chi connectivity index (χ3n) is 6.27. The second kappa shape index (κ2) is 10.1. The Labute approximate surface area is 206 Å². The minimum absolute atomic E-state index is 0.0462. The number of hydrogen-bond donors (Lipinski definition) is 1. The molecule has 1 aliphatic carbocycles. The van der Waals surface area contributed by atoms with Crippen molar-refractivity contribution in [3.8, 4) is 0 Å². The van der Waals surface area contributed by atoms with Gasteiger partial charge in [0.15, 0.2) is 0 Å². The van der Waals surface area contributed by atoms with E-state index in [1.165, 1.54) is 12.1 Å². The van der Waals surface area contributed by atoms with Crippen molar-refractivity contribution in [2.75, 3.05) is 5.32 Å². The Balaban J connectivity index is 1.63. The fourth-order valence-electron chi connectivity index (χ4n) is 4.46. The van der Waals surface area contributed by atoms with E-state index in [2.05, 4.69) is 5.32 Å². The molecule has 182 valence electrons. The molecule has 1 N–H and O–H groups in total. The molecule has 4 rings (SSSR count). The van der Waals surface area contributed by atoms with Crippen molar-refractivity contribution in [3.63, 3.8) is 0 Å². The number of alkyl halides is 3. The van der Waals surface area contributed by atoms with Crippen LogP contribution in [-0.2, 0) is 25.9 Å². The molecule has 0 heterocycles. The van der Waals surface area contributed by atoms with Gasteiger partial charge in [0.1, 0.15) is 0 Å². The van der Waals surface area contributed by atoms with Crippen LogP contribution >= 0.6 is 11.6 Å². The molecule has 0 aromatic heterocycles. The Bertz CT molecular complexity index is 1190. The molecule has 0 radical (unpaired) electrons. The lowest BCUT2D eigenvalue weighted by Gasteiger charge is -2.30. The predicted molar refractivity (Wildman–Crippen MR) is 127 cm³/mol. The van der Waals surface area contributed by atoms with E-state index in [1.54, 1.807) is 54.6 Å². The fraction of sp³-hybridized carbons (Fsp3) is 0.259. The SMILES string of the molecule is O=C(Nc1cccc(C(F)(F)F)c1)[C@@H](OC(=O)C1(c2ccc(Cl)cc2)CCCC1)c1ccccc1. The van der Waals surface area contributed by atoms with Gasteiger partial charge in [-0.25, -0.2) is 0 Å². The first-order valence-electron chi connectivity index (χ1n) is 11.2. The van der Waals surface area contributed by atoms with Crippen LogP contribution in [0.3, 0.4) is 0 Å². The number of anilines is 1. The van der Waals surface area contributed by atoms with Gasteiger partial charge in [-0.05, 0) is 48.7 Å². The third kappa shape index (κ3) is 5.51. The van der Waals surface area contributed by atoms with Crippen molar-refractivity contribution in [2.24, 2.45) is 0 Å². The van der Waals surface area contributed by atoms with Crippen molar-refractivity contribution < 1.29 is 27.5 Å². The lowest BCUT2D eigenvalue weighted by molar-refractivity contribution is -0.160. The summed E-state index contributed by atoms with van der Waals surface area (Å²) in [6.45, 7) is 0. The Kier molecular flexibility index (Phi) is 7.17. The summed E-state index contributed by atoms with van der Waals surface area (Å²) in [7, 11) is 0. The number of hydrogen-bond acceptors (Lipinski definition) is 3. The second-order valence-corrected chi connectivity index (χ2v) is 9.00. The van der Waals surface area contributed by atoms with Crippen molar-refractivity contribution in [3.05, 3.63) is 101 Å². The van der Waals surface area contributed by atoms with Gasteiger partial charge in [-0.3, -0.25) is 9.59 Å². The van der Waals surface area contributed by atoms with Crippen molar-refractivity contribution in [1.29, 1.82) is 0 Å². The van der Waals surface area contributed by atoms with E-state index in [-0.39, 0.29) is 5.69 Å². The maximum atomic E-state index is 13.6. The number of carbonyl (C=O) groups is 2. The van der Waals surface area contributed by atoms with E-state index in [9.17, 15) is 22.8 Å².